The zero-order chi connectivity index (χ0) is 24.4. The quantitative estimate of drug-likeness (QED) is 0.229. The predicted octanol–water partition coefficient (Wildman–Crippen LogP) is 3.11. The maximum atomic E-state index is 9.63. The predicted molar refractivity (Wildman–Crippen MR) is 132 cm³/mol. The van der Waals surface area contributed by atoms with Crippen LogP contribution >= 0.6 is 0 Å². The van der Waals surface area contributed by atoms with Crippen LogP contribution in [-0.2, 0) is 10.3 Å². The smallest absolute Gasteiger partial charge is 0.187 e. The molecule has 180 valence electrons. The lowest BCUT2D eigenvalue weighted by Gasteiger charge is -2.37. The third kappa shape index (κ3) is 5.56. The van der Waals surface area contributed by atoms with Crippen LogP contribution in [-0.4, -0.2) is 56.1 Å². The highest BCUT2D eigenvalue weighted by Gasteiger charge is 2.40. The normalized spacial score (nSPS) is 12.0. The van der Waals surface area contributed by atoms with Crippen LogP contribution in [0, 0.1) is 0 Å². The van der Waals surface area contributed by atoms with Gasteiger partial charge in [0.2, 0.25) is 0 Å². The second kappa shape index (κ2) is 12.2. The summed E-state index contributed by atoms with van der Waals surface area (Å²) in [7, 11) is 3.24. The highest BCUT2D eigenvalue weighted by molar-refractivity contribution is 5.78. The Morgan fingerprint density at radius 1 is 0.794 bits per heavy atom. The van der Waals surface area contributed by atoms with Crippen LogP contribution in [0.5, 0.6) is 11.5 Å². The molecule has 34 heavy (non-hydrogen) atoms. The summed E-state index contributed by atoms with van der Waals surface area (Å²) in [5.74, 6) is 1.78. The van der Waals surface area contributed by atoms with E-state index in [1.165, 1.54) is 0 Å². The Labute approximate surface area is 200 Å². The lowest BCUT2D eigenvalue weighted by Crippen LogP contribution is -2.36. The molecule has 0 fully saturated rings. The van der Waals surface area contributed by atoms with E-state index in [9.17, 15) is 10.2 Å². The average Bonchev–Trinajstić information content (AvgIpc) is 2.91. The van der Waals surface area contributed by atoms with Crippen molar-refractivity contribution in [3.05, 3.63) is 95.6 Å². The molecule has 0 aliphatic rings. The molecule has 0 aliphatic carbocycles. The van der Waals surface area contributed by atoms with Gasteiger partial charge in [0.15, 0.2) is 11.5 Å². The van der Waals surface area contributed by atoms with Crippen LogP contribution in [0.3, 0.4) is 0 Å². The molecule has 3 aromatic carbocycles. The maximum absolute atomic E-state index is 9.63. The first kappa shape index (κ1) is 25.2. The van der Waals surface area contributed by atoms with E-state index in [0.29, 0.717) is 18.9 Å². The Morgan fingerprint density at radius 3 is 1.68 bits per heavy atom. The van der Waals surface area contributed by atoms with Crippen molar-refractivity contribution in [2.45, 2.75) is 18.1 Å². The summed E-state index contributed by atoms with van der Waals surface area (Å²) in [4.78, 5) is 4.50. The molecule has 3 aromatic rings. The van der Waals surface area contributed by atoms with Gasteiger partial charge in [0.1, 0.15) is 11.5 Å². The summed E-state index contributed by atoms with van der Waals surface area (Å²) >= 11 is 0. The van der Waals surface area contributed by atoms with Crippen LogP contribution in [0.4, 0.5) is 0 Å². The highest BCUT2D eigenvalue weighted by atomic mass is 16.5. The third-order valence-corrected chi connectivity index (χ3v) is 5.55. The number of rotatable bonds is 11. The van der Waals surface area contributed by atoms with Crippen molar-refractivity contribution in [3.8, 4) is 11.5 Å². The molecular formula is C27H32N2O5. The van der Waals surface area contributed by atoms with E-state index in [4.69, 9.17) is 19.9 Å². The van der Waals surface area contributed by atoms with Crippen molar-refractivity contribution < 1.29 is 24.4 Å². The minimum Gasteiger partial charge on any atom is -0.497 e. The largest absolute Gasteiger partial charge is 0.497 e. The minimum absolute atomic E-state index is 0.290. The van der Waals surface area contributed by atoms with E-state index >= 15 is 0 Å². The lowest BCUT2D eigenvalue weighted by atomic mass is 9.80. The Kier molecular flexibility index (Phi) is 9.04. The first-order chi connectivity index (χ1) is 16.6. The molecule has 0 bridgehead atoms. The Balaban J connectivity index is 2.29. The minimum atomic E-state index is -1.09. The molecule has 0 radical (unpaired) electrons. The van der Waals surface area contributed by atoms with Crippen molar-refractivity contribution in [1.82, 2.24) is 0 Å². The second-order valence-corrected chi connectivity index (χ2v) is 7.69. The molecule has 0 amide bonds. The van der Waals surface area contributed by atoms with Gasteiger partial charge in [-0.05, 0) is 24.3 Å². The zero-order valence-corrected chi connectivity index (χ0v) is 19.6. The fourth-order valence-electron chi connectivity index (χ4n) is 3.79. The van der Waals surface area contributed by atoms with Crippen molar-refractivity contribution in [2.24, 2.45) is 10.7 Å². The molecule has 3 rings (SSSR count). The highest BCUT2D eigenvalue weighted by Crippen LogP contribution is 2.42. The van der Waals surface area contributed by atoms with Crippen LogP contribution < -0.4 is 15.2 Å². The SMILES string of the molecule is COc1ccc(C(OC(CCN)=NC(CO)CO)(c2ccccc2)c2ccc(OC)cc2)cc1. The number of methoxy groups -OCH3 is 2. The zero-order valence-electron chi connectivity index (χ0n) is 19.6. The topological polar surface area (TPSA) is 107 Å². The van der Waals surface area contributed by atoms with Gasteiger partial charge in [0, 0.05) is 29.7 Å². The van der Waals surface area contributed by atoms with E-state index in [2.05, 4.69) is 4.99 Å². The van der Waals surface area contributed by atoms with Gasteiger partial charge in [0.25, 0.3) is 0 Å². The molecule has 7 nitrogen and oxygen atoms in total. The Morgan fingerprint density at radius 2 is 1.26 bits per heavy atom. The molecule has 0 aliphatic heterocycles. The third-order valence-electron chi connectivity index (χ3n) is 5.55. The molecule has 7 heteroatoms. The molecule has 0 aromatic heterocycles. The maximum Gasteiger partial charge on any atom is 0.187 e. The fourth-order valence-corrected chi connectivity index (χ4v) is 3.79. The van der Waals surface area contributed by atoms with Crippen LogP contribution in [0.15, 0.2) is 83.9 Å². The van der Waals surface area contributed by atoms with Gasteiger partial charge < -0.3 is 30.2 Å². The average molecular weight is 465 g/mol. The second-order valence-electron chi connectivity index (χ2n) is 7.69. The van der Waals surface area contributed by atoms with E-state index < -0.39 is 11.6 Å². The first-order valence-corrected chi connectivity index (χ1v) is 11.1. The van der Waals surface area contributed by atoms with Gasteiger partial charge >= 0.3 is 0 Å². The Hall–Kier alpha value is -3.39. The first-order valence-electron chi connectivity index (χ1n) is 11.1. The van der Waals surface area contributed by atoms with Crippen LogP contribution in [0.1, 0.15) is 23.1 Å². The monoisotopic (exact) mass is 464 g/mol. The summed E-state index contributed by atoms with van der Waals surface area (Å²) in [6, 6.07) is 24.4. The van der Waals surface area contributed by atoms with Gasteiger partial charge in [-0.3, -0.25) is 0 Å². The fraction of sp³-hybridized carbons (Fsp3) is 0.296. The van der Waals surface area contributed by atoms with Gasteiger partial charge in [-0.2, -0.15) is 0 Å². The van der Waals surface area contributed by atoms with Crippen LogP contribution in [0.25, 0.3) is 0 Å². The summed E-state index contributed by atoms with van der Waals surface area (Å²) in [5, 5.41) is 19.3. The number of hydrogen-bond acceptors (Lipinski definition) is 7. The number of nitrogens with two attached hydrogens (primary N) is 1. The van der Waals surface area contributed by atoms with Gasteiger partial charge in [-0.15, -0.1) is 0 Å². The number of aliphatic hydroxyl groups excluding tert-OH is 2. The van der Waals surface area contributed by atoms with Crippen LogP contribution in [0.2, 0.25) is 0 Å². The number of ether oxygens (including phenoxy) is 3. The summed E-state index contributed by atoms with van der Waals surface area (Å²) in [5.41, 5.74) is 7.35. The molecule has 0 spiro atoms. The molecule has 0 unspecified atom stereocenters. The Bertz CT molecular complexity index is 985. The summed E-state index contributed by atoms with van der Waals surface area (Å²) in [6.45, 7) is -0.326. The lowest BCUT2D eigenvalue weighted by molar-refractivity contribution is 0.130. The van der Waals surface area contributed by atoms with E-state index in [0.717, 1.165) is 28.2 Å². The number of nitrogens with zero attached hydrogens (tertiary/aromatic N) is 1. The van der Waals surface area contributed by atoms with E-state index in [1.54, 1.807) is 14.2 Å². The van der Waals surface area contributed by atoms with Gasteiger partial charge in [0.05, 0.1) is 33.5 Å². The number of benzene rings is 3. The van der Waals surface area contributed by atoms with Gasteiger partial charge in [-0.1, -0.05) is 54.6 Å². The summed E-state index contributed by atoms with van der Waals surface area (Å²) < 4.78 is 17.5. The molecule has 0 atom stereocenters. The van der Waals surface area contributed by atoms with Crippen molar-refractivity contribution in [2.75, 3.05) is 34.0 Å². The number of aliphatic hydroxyl groups is 2. The van der Waals surface area contributed by atoms with Gasteiger partial charge in [-0.25, -0.2) is 4.99 Å². The molecule has 0 heterocycles. The van der Waals surface area contributed by atoms with E-state index in [1.807, 2.05) is 78.9 Å². The standard InChI is InChI=1S/C27H32N2O5/c1-32-24-12-8-21(9-13-24)27(20-6-4-3-5-7-20,22-10-14-25(33-2)15-11-22)34-26(16-17-28)29-23(18-30)19-31/h3-15,23,30-31H,16-19,28H2,1-2H3. The number of hydrogen-bond donors (Lipinski definition) is 3. The number of aliphatic imine (C=N–C) groups is 1. The molecule has 0 saturated heterocycles. The van der Waals surface area contributed by atoms with Crippen molar-refractivity contribution >= 4 is 5.90 Å². The van der Waals surface area contributed by atoms with Crippen molar-refractivity contribution in [1.29, 1.82) is 0 Å². The molecular weight excluding hydrogens is 432 g/mol. The molecule has 4 N–H and O–H groups in total. The summed E-state index contributed by atoms with van der Waals surface area (Å²) in [6.07, 6.45) is 0.331. The molecule has 0 saturated carbocycles. The van der Waals surface area contributed by atoms with E-state index in [-0.39, 0.29) is 13.2 Å². The van der Waals surface area contributed by atoms with Crippen molar-refractivity contribution in [3.63, 3.8) is 0 Å².